The molecule has 126 valence electrons. The third-order valence-electron chi connectivity index (χ3n) is 5.16. The molecule has 0 radical (unpaired) electrons. The Balaban J connectivity index is 1.89. The third-order valence-corrected chi connectivity index (χ3v) is 6.91. The third kappa shape index (κ3) is 3.15. The maximum Gasteiger partial charge on any atom is 0.233 e. The number of benzene rings is 1. The quantitative estimate of drug-likeness (QED) is 0.836. The Bertz CT molecular complexity index is 665. The molecule has 1 aromatic carbocycles. The van der Waals surface area contributed by atoms with Crippen LogP contribution in [0.5, 0.6) is 0 Å². The van der Waals surface area contributed by atoms with Gasteiger partial charge in [-0.1, -0.05) is 30.3 Å². The van der Waals surface area contributed by atoms with Gasteiger partial charge in [-0.2, -0.15) is 0 Å². The molecule has 3 rings (SSSR count). The van der Waals surface area contributed by atoms with Gasteiger partial charge in [0, 0.05) is 26.3 Å². The fourth-order valence-electron chi connectivity index (χ4n) is 3.69. The number of likely N-dealkylation sites (N-methyl/N-ethyl adjacent to an activating group) is 1. The molecule has 0 spiro atoms. The molecule has 0 unspecified atom stereocenters. The fourth-order valence-corrected chi connectivity index (χ4v) is 5.46. The minimum absolute atomic E-state index is 0.0223. The highest BCUT2D eigenvalue weighted by atomic mass is 32.2. The van der Waals surface area contributed by atoms with Crippen LogP contribution in [0.15, 0.2) is 30.3 Å². The number of amides is 1. The summed E-state index contributed by atoms with van der Waals surface area (Å²) in [4.78, 5) is 15.0. The number of nitrogens with zero attached hydrogens (tertiary/aromatic N) is 1. The Hall–Kier alpha value is -1.40. The molecule has 2 saturated heterocycles. The van der Waals surface area contributed by atoms with E-state index in [1.807, 2.05) is 30.3 Å². The Kier molecular flexibility index (Phi) is 4.47. The lowest BCUT2D eigenvalue weighted by Gasteiger charge is -2.40. The first kappa shape index (κ1) is 16.5. The van der Waals surface area contributed by atoms with Crippen LogP contribution in [0.4, 0.5) is 0 Å². The number of hydrogen-bond donors (Lipinski definition) is 0. The van der Waals surface area contributed by atoms with Crippen LogP contribution in [0.3, 0.4) is 0 Å². The molecule has 0 N–H and O–H groups in total. The molecule has 1 atom stereocenters. The van der Waals surface area contributed by atoms with Crippen molar-refractivity contribution in [2.75, 3.05) is 31.8 Å². The number of carbonyl (C=O) groups is 1. The van der Waals surface area contributed by atoms with Crippen molar-refractivity contribution >= 4 is 15.7 Å². The molecule has 1 aromatic rings. The summed E-state index contributed by atoms with van der Waals surface area (Å²) in [7, 11) is -1.26. The van der Waals surface area contributed by atoms with Gasteiger partial charge in [-0.05, 0) is 24.8 Å². The van der Waals surface area contributed by atoms with Crippen molar-refractivity contribution in [2.45, 2.75) is 30.7 Å². The highest BCUT2D eigenvalue weighted by Crippen LogP contribution is 2.37. The summed E-state index contributed by atoms with van der Waals surface area (Å²) in [5.41, 5.74) is 0.404. The van der Waals surface area contributed by atoms with Crippen LogP contribution in [-0.4, -0.2) is 57.0 Å². The molecular weight excluding hydrogens is 314 g/mol. The fraction of sp³-hybridized carbons (Fsp3) is 0.588. The Morgan fingerprint density at radius 3 is 2.43 bits per heavy atom. The van der Waals surface area contributed by atoms with E-state index in [4.69, 9.17) is 4.74 Å². The SMILES string of the molecule is CN(C(=O)C1(c2ccccc2)CCOCC1)[C@H]1CCS(=O)(=O)C1. The predicted octanol–water partition coefficient (Wildman–Crippen LogP) is 1.38. The zero-order valence-corrected chi connectivity index (χ0v) is 14.2. The molecular formula is C17H23NO4S. The van der Waals surface area contributed by atoms with E-state index in [2.05, 4.69) is 0 Å². The average molecular weight is 337 g/mol. The van der Waals surface area contributed by atoms with Gasteiger partial charge in [0.15, 0.2) is 9.84 Å². The molecule has 2 aliphatic rings. The van der Waals surface area contributed by atoms with Crippen molar-refractivity contribution in [1.82, 2.24) is 4.90 Å². The second-order valence-electron chi connectivity index (χ2n) is 6.53. The van der Waals surface area contributed by atoms with E-state index in [-0.39, 0.29) is 23.5 Å². The van der Waals surface area contributed by atoms with Crippen LogP contribution in [0, 0.1) is 0 Å². The minimum atomic E-state index is -3.01. The molecule has 1 amide bonds. The van der Waals surface area contributed by atoms with Crippen molar-refractivity contribution in [3.05, 3.63) is 35.9 Å². The minimum Gasteiger partial charge on any atom is -0.381 e. The van der Waals surface area contributed by atoms with E-state index in [1.54, 1.807) is 11.9 Å². The smallest absolute Gasteiger partial charge is 0.233 e. The van der Waals surface area contributed by atoms with E-state index in [1.165, 1.54) is 0 Å². The van der Waals surface area contributed by atoms with Crippen LogP contribution in [0.1, 0.15) is 24.8 Å². The van der Waals surface area contributed by atoms with Crippen LogP contribution < -0.4 is 0 Å². The predicted molar refractivity (Wildman–Crippen MR) is 88.0 cm³/mol. The van der Waals surface area contributed by atoms with Gasteiger partial charge >= 0.3 is 0 Å². The Morgan fingerprint density at radius 2 is 1.87 bits per heavy atom. The Labute approximate surface area is 137 Å². The molecule has 2 aliphatic heterocycles. The molecule has 0 saturated carbocycles. The summed E-state index contributed by atoms with van der Waals surface area (Å²) in [6.07, 6.45) is 1.81. The average Bonchev–Trinajstić information content (AvgIpc) is 2.95. The first-order valence-corrected chi connectivity index (χ1v) is 9.88. The summed E-state index contributed by atoms with van der Waals surface area (Å²) in [5.74, 6) is 0.280. The highest BCUT2D eigenvalue weighted by Gasteiger charge is 2.45. The zero-order valence-electron chi connectivity index (χ0n) is 13.4. The van der Waals surface area contributed by atoms with Crippen molar-refractivity contribution < 1.29 is 17.9 Å². The highest BCUT2D eigenvalue weighted by molar-refractivity contribution is 7.91. The summed E-state index contributed by atoms with van der Waals surface area (Å²) in [6.45, 7) is 1.11. The number of sulfone groups is 1. The van der Waals surface area contributed by atoms with Crippen LogP contribution in [0.2, 0.25) is 0 Å². The van der Waals surface area contributed by atoms with Crippen molar-refractivity contribution in [3.8, 4) is 0 Å². The second-order valence-corrected chi connectivity index (χ2v) is 8.76. The number of carbonyl (C=O) groups excluding carboxylic acids is 1. The number of ether oxygens (including phenoxy) is 1. The topological polar surface area (TPSA) is 63.7 Å². The van der Waals surface area contributed by atoms with Gasteiger partial charge in [0.1, 0.15) is 0 Å². The van der Waals surface area contributed by atoms with Crippen molar-refractivity contribution in [3.63, 3.8) is 0 Å². The number of rotatable bonds is 3. The summed E-state index contributed by atoms with van der Waals surface area (Å²) < 4.78 is 28.9. The van der Waals surface area contributed by atoms with E-state index in [0.717, 1.165) is 5.56 Å². The lowest BCUT2D eigenvalue weighted by atomic mass is 9.73. The molecule has 2 fully saturated rings. The summed E-state index contributed by atoms with van der Waals surface area (Å²) in [6, 6.07) is 9.59. The second kappa shape index (κ2) is 6.24. The summed E-state index contributed by atoms with van der Waals surface area (Å²) >= 11 is 0. The normalized spacial score (nSPS) is 25.9. The van der Waals surface area contributed by atoms with Crippen LogP contribution in [0.25, 0.3) is 0 Å². The Morgan fingerprint density at radius 1 is 1.22 bits per heavy atom. The van der Waals surface area contributed by atoms with Gasteiger partial charge in [0.05, 0.1) is 16.9 Å². The van der Waals surface area contributed by atoms with Crippen LogP contribution in [-0.2, 0) is 24.8 Å². The van der Waals surface area contributed by atoms with Crippen LogP contribution >= 0.6 is 0 Å². The maximum atomic E-state index is 13.3. The first-order chi connectivity index (χ1) is 10.9. The van der Waals surface area contributed by atoms with Gasteiger partial charge in [-0.3, -0.25) is 4.79 Å². The zero-order chi connectivity index (χ0) is 16.5. The lowest BCUT2D eigenvalue weighted by molar-refractivity contribution is -0.141. The molecule has 0 aliphatic carbocycles. The van der Waals surface area contributed by atoms with E-state index < -0.39 is 15.3 Å². The van der Waals surface area contributed by atoms with Gasteiger partial charge in [0.25, 0.3) is 0 Å². The van der Waals surface area contributed by atoms with E-state index in [9.17, 15) is 13.2 Å². The van der Waals surface area contributed by atoms with Crippen molar-refractivity contribution in [2.24, 2.45) is 0 Å². The number of hydrogen-bond acceptors (Lipinski definition) is 4. The van der Waals surface area contributed by atoms with Gasteiger partial charge in [-0.15, -0.1) is 0 Å². The molecule has 23 heavy (non-hydrogen) atoms. The summed E-state index contributed by atoms with van der Waals surface area (Å²) in [5, 5.41) is 0. The first-order valence-electron chi connectivity index (χ1n) is 8.06. The monoisotopic (exact) mass is 337 g/mol. The molecule has 0 aromatic heterocycles. The van der Waals surface area contributed by atoms with Crippen molar-refractivity contribution in [1.29, 1.82) is 0 Å². The van der Waals surface area contributed by atoms with E-state index in [0.29, 0.717) is 32.5 Å². The molecule has 6 heteroatoms. The van der Waals surface area contributed by atoms with E-state index >= 15 is 0 Å². The largest absolute Gasteiger partial charge is 0.381 e. The van der Waals surface area contributed by atoms with Gasteiger partial charge in [0.2, 0.25) is 5.91 Å². The van der Waals surface area contributed by atoms with Gasteiger partial charge in [-0.25, -0.2) is 8.42 Å². The standard InChI is InChI=1S/C17H23NO4S/c1-18(15-7-12-23(20,21)13-15)16(19)17(8-10-22-11-9-17)14-5-3-2-4-6-14/h2-6,15H,7-13H2,1H3/t15-/m0/s1. The molecule has 2 heterocycles. The van der Waals surface area contributed by atoms with Gasteiger partial charge < -0.3 is 9.64 Å². The molecule has 5 nitrogen and oxygen atoms in total. The maximum absolute atomic E-state index is 13.3. The molecule has 0 bridgehead atoms. The lowest BCUT2D eigenvalue weighted by Crippen LogP contribution is -2.52.